The molecule has 7 heteroatoms. The molecule has 1 atom stereocenters. The summed E-state index contributed by atoms with van der Waals surface area (Å²) in [6.07, 6.45) is 11.2. The Morgan fingerprint density at radius 2 is 1.86 bits per heavy atom. The first-order valence-corrected chi connectivity index (χ1v) is 11.5. The Hall–Kier alpha value is -1.17. The molecule has 1 fully saturated rings. The largest absolute Gasteiger partial charge is 0.353 e. The van der Waals surface area contributed by atoms with Gasteiger partial charge in [-0.15, -0.1) is 12.3 Å². The van der Waals surface area contributed by atoms with Gasteiger partial charge in [-0.05, 0) is 59.8 Å². The van der Waals surface area contributed by atoms with E-state index in [2.05, 4.69) is 49.7 Å². The van der Waals surface area contributed by atoms with Crippen LogP contribution in [0, 0.1) is 23.7 Å². The zero-order valence-corrected chi connectivity index (χ0v) is 18.7. The summed E-state index contributed by atoms with van der Waals surface area (Å²) in [7, 11) is -1.20. The molecule has 0 saturated heterocycles. The standard InChI is InChI=1S/C21H36N3O3P/c1-6-7-8-10-21(25)23-19-11-13-20(14-12-19)27-28(26-16-9-15-22)24(17(2)3)18(4)5/h1,17-20H,7-14,16H2,2-5H3,(H,23,25). The molecule has 28 heavy (non-hydrogen) atoms. The number of unbranched alkanes of at least 4 members (excludes halogenated alkanes) is 1. The van der Waals surface area contributed by atoms with Gasteiger partial charge in [-0.25, -0.2) is 4.67 Å². The van der Waals surface area contributed by atoms with Crippen LogP contribution >= 0.6 is 8.53 Å². The first kappa shape index (κ1) is 24.9. The monoisotopic (exact) mass is 409 g/mol. The fourth-order valence-electron chi connectivity index (χ4n) is 3.39. The van der Waals surface area contributed by atoms with Gasteiger partial charge in [0.25, 0.3) is 8.53 Å². The molecule has 1 amide bonds. The molecule has 6 nitrogen and oxygen atoms in total. The molecule has 1 aliphatic rings. The van der Waals surface area contributed by atoms with Gasteiger partial charge in [0.05, 0.1) is 25.2 Å². The van der Waals surface area contributed by atoms with Gasteiger partial charge in [0.1, 0.15) is 0 Å². The Kier molecular flexibility index (Phi) is 12.4. The van der Waals surface area contributed by atoms with Crippen molar-refractivity contribution in [2.45, 2.75) is 103 Å². The highest BCUT2D eigenvalue weighted by atomic mass is 31.2. The number of nitrogens with zero attached hydrogens (tertiary/aromatic N) is 2. The van der Waals surface area contributed by atoms with Crippen LogP contribution in [0.4, 0.5) is 0 Å². The minimum Gasteiger partial charge on any atom is -0.353 e. The van der Waals surface area contributed by atoms with Gasteiger partial charge < -0.3 is 14.4 Å². The molecule has 158 valence electrons. The van der Waals surface area contributed by atoms with Crippen LogP contribution in [0.5, 0.6) is 0 Å². The maximum Gasteiger partial charge on any atom is 0.259 e. The number of nitrogens with one attached hydrogen (secondary N) is 1. The third-order valence-corrected chi connectivity index (χ3v) is 6.85. The van der Waals surface area contributed by atoms with Crippen LogP contribution in [0.15, 0.2) is 0 Å². The van der Waals surface area contributed by atoms with E-state index < -0.39 is 8.53 Å². The summed E-state index contributed by atoms with van der Waals surface area (Å²) < 4.78 is 14.6. The molecule has 0 spiro atoms. The van der Waals surface area contributed by atoms with Crippen LogP contribution in [0.3, 0.4) is 0 Å². The molecular formula is C21H36N3O3P. The predicted octanol–water partition coefficient (Wildman–Crippen LogP) is 4.51. The Bertz CT molecular complexity index is 526. The molecule has 0 aromatic rings. The van der Waals surface area contributed by atoms with Gasteiger partial charge in [0.2, 0.25) is 5.91 Å². The number of carbonyl (C=O) groups excluding carboxylic acids is 1. The summed E-state index contributed by atoms with van der Waals surface area (Å²) in [5.41, 5.74) is 0. The number of carbonyl (C=O) groups is 1. The molecule has 1 saturated carbocycles. The van der Waals surface area contributed by atoms with E-state index in [1.54, 1.807) is 0 Å². The number of rotatable bonds is 12. The number of nitriles is 1. The van der Waals surface area contributed by atoms with E-state index in [1.807, 2.05) is 0 Å². The van der Waals surface area contributed by atoms with E-state index in [-0.39, 0.29) is 18.1 Å². The topological polar surface area (TPSA) is 74.6 Å². The average molecular weight is 410 g/mol. The second-order valence-electron chi connectivity index (χ2n) is 7.75. The fourth-order valence-corrected chi connectivity index (χ4v) is 5.16. The van der Waals surface area contributed by atoms with Crippen LogP contribution in [0.2, 0.25) is 0 Å². The lowest BCUT2D eigenvalue weighted by atomic mass is 9.93. The Labute approximate surface area is 172 Å². The van der Waals surface area contributed by atoms with Gasteiger partial charge in [0, 0.05) is 31.0 Å². The Morgan fingerprint density at radius 1 is 1.21 bits per heavy atom. The maximum atomic E-state index is 12.0. The van der Waals surface area contributed by atoms with Crippen molar-refractivity contribution in [3.8, 4) is 18.4 Å². The third kappa shape index (κ3) is 9.35. The SMILES string of the molecule is C#CCCCC(=O)NC1CCC(OP(OCCC#N)N(C(C)C)C(C)C)CC1. The van der Waals surface area contributed by atoms with Crippen molar-refractivity contribution in [3.05, 3.63) is 0 Å². The van der Waals surface area contributed by atoms with Crippen LogP contribution in [0.1, 0.15) is 79.1 Å². The maximum absolute atomic E-state index is 12.0. The number of amides is 1. The normalized spacial score (nSPS) is 20.8. The minimum absolute atomic E-state index is 0.0903. The van der Waals surface area contributed by atoms with E-state index >= 15 is 0 Å². The molecule has 0 bridgehead atoms. The van der Waals surface area contributed by atoms with Crippen LogP contribution in [0.25, 0.3) is 0 Å². The highest BCUT2D eigenvalue weighted by Crippen LogP contribution is 2.48. The molecule has 1 N–H and O–H groups in total. The first-order valence-electron chi connectivity index (χ1n) is 10.4. The van der Waals surface area contributed by atoms with Crippen molar-refractivity contribution in [3.63, 3.8) is 0 Å². The average Bonchev–Trinajstić information content (AvgIpc) is 2.63. The van der Waals surface area contributed by atoms with Gasteiger partial charge >= 0.3 is 0 Å². The fraction of sp³-hybridized carbons (Fsp3) is 0.810. The smallest absolute Gasteiger partial charge is 0.259 e. The highest BCUT2D eigenvalue weighted by Gasteiger charge is 2.32. The molecular weight excluding hydrogens is 373 g/mol. The predicted molar refractivity (Wildman–Crippen MR) is 113 cm³/mol. The quantitative estimate of drug-likeness (QED) is 0.292. The molecule has 0 heterocycles. The third-order valence-electron chi connectivity index (χ3n) is 4.67. The van der Waals surface area contributed by atoms with Crippen molar-refractivity contribution < 1.29 is 13.8 Å². The molecule has 0 aliphatic heterocycles. The summed E-state index contributed by atoms with van der Waals surface area (Å²) in [4.78, 5) is 12.0. The number of hydrogen-bond acceptors (Lipinski definition) is 5. The lowest BCUT2D eigenvalue weighted by Gasteiger charge is -2.38. The highest BCUT2D eigenvalue weighted by molar-refractivity contribution is 7.44. The van der Waals surface area contributed by atoms with Gasteiger partial charge in [-0.3, -0.25) is 4.79 Å². The minimum atomic E-state index is -1.20. The van der Waals surface area contributed by atoms with E-state index in [1.165, 1.54) is 0 Å². The first-order chi connectivity index (χ1) is 13.4. The van der Waals surface area contributed by atoms with Crippen LogP contribution in [-0.4, -0.2) is 41.4 Å². The molecule has 0 aromatic carbocycles. The number of terminal acetylenes is 1. The second kappa shape index (κ2) is 13.9. The zero-order chi connectivity index (χ0) is 20.9. The van der Waals surface area contributed by atoms with Crippen LogP contribution in [-0.2, 0) is 13.8 Å². The molecule has 0 aromatic heterocycles. The van der Waals surface area contributed by atoms with Crippen molar-refractivity contribution in [2.24, 2.45) is 0 Å². The van der Waals surface area contributed by atoms with Gasteiger partial charge in [-0.1, -0.05) is 0 Å². The summed E-state index contributed by atoms with van der Waals surface area (Å²) in [6.45, 7) is 8.94. The van der Waals surface area contributed by atoms with E-state index in [9.17, 15) is 4.79 Å². The summed E-state index contributed by atoms with van der Waals surface area (Å²) in [5, 5.41) is 11.9. The summed E-state index contributed by atoms with van der Waals surface area (Å²) >= 11 is 0. The van der Waals surface area contributed by atoms with Crippen molar-refractivity contribution in [1.82, 2.24) is 9.99 Å². The Morgan fingerprint density at radius 3 is 2.39 bits per heavy atom. The van der Waals surface area contributed by atoms with Crippen molar-refractivity contribution in [2.75, 3.05) is 6.61 Å². The second-order valence-corrected chi connectivity index (χ2v) is 9.16. The molecule has 0 radical (unpaired) electrons. The van der Waals surface area contributed by atoms with E-state index in [0.29, 0.717) is 38.0 Å². The summed E-state index contributed by atoms with van der Waals surface area (Å²) in [5.74, 6) is 2.66. The van der Waals surface area contributed by atoms with Gasteiger partial charge in [0.15, 0.2) is 0 Å². The summed E-state index contributed by atoms with van der Waals surface area (Å²) in [6, 6.07) is 2.94. The van der Waals surface area contributed by atoms with E-state index in [0.717, 1.165) is 32.1 Å². The Balaban J connectivity index is 2.52. The lowest BCUT2D eigenvalue weighted by molar-refractivity contribution is -0.122. The van der Waals surface area contributed by atoms with E-state index in [4.69, 9.17) is 20.7 Å². The molecule has 1 rings (SSSR count). The molecule has 1 aliphatic carbocycles. The lowest BCUT2D eigenvalue weighted by Crippen LogP contribution is -2.39. The van der Waals surface area contributed by atoms with Crippen molar-refractivity contribution in [1.29, 1.82) is 5.26 Å². The van der Waals surface area contributed by atoms with Crippen molar-refractivity contribution >= 4 is 14.4 Å². The zero-order valence-electron chi connectivity index (χ0n) is 17.8. The van der Waals surface area contributed by atoms with Gasteiger partial charge in [-0.2, -0.15) is 5.26 Å². The number of hydrogen-bond donors (Lipinski definition) is 1. The van der Waals surface area contributed by atoms with Crippen LogP contribution < -0.4 is 5.32 Å². The molecule has 1 unspecified atom stereocenters.